The van der Waals surface area contributed by atoms with E-state index in [1.54, 1.807) is 18.9 Å². The van der Waals surface area contributed by atoms with E-state index >= 15 is 0 Å². The van der Waals surface area contributed by atoms with E-state index in [9.17, 15) is 14.4 Å². The molecule has 0 radical (unpaired) electrons. The van der Waals surface area contributed by atoms with Gasteiger partial charge in [-0.15, -0.1) is 0 Å². The summed E-state index contributed by atoms with van der Waals surface area (Å²) in [5.41, 5.74) is 0. The van der Waals surface area contributed by atoms with Crippen LogP contribution in [0.25, 0.3) is 0 Å². The van der Waals surface area contributed by atoms with E-state index in [1.807, 2.05) is 7.05 Å². The number of likely N-dealkylation sites (N-methyl/N-ethyl adjacent to an activating group) is 2. The third-order valence-corrected chi connectivity index (χ3v) is 3.77. The molecule has 1 rings (SSSR count). The van der Waals surface area contributed by atoms with Crippen molar-refractivity contribution >= 4 is 17.9 Å². The first-order valence-corrected chi connectivity index (χ1v) is 7.26. The predicted octanol–water partition coefficient (Wildman–Crippen LogP) is 0.750. The molecule has 0 aromatic heterocycles. The van der Waals surface area contributed by atoms with Gasteiger partial charge >= 0.3 is 12.0 Å². The topological polar surface area (TPSA) is 89.9 Å². The zero-order valence-electron chi connectivity index (χ0n) is 13.0. The van der Waals surface area contributed by atoms with Gasteiger partial charge in [0.1, 0.15) is 0 Å². The molecular formula is C14H25N3O4. The highest BCUT2D eigenvalue weighted by Gasteiger charge is 2.25. The van der Waals surface area contributed by atoms with E-state index in [-0.39, 0.29) is 24.8 Å². The van der Waals surface area contributed by atoms with Crippen molar-refractivity contribution < 1.29 is 19.5 Å². The summed E-state index contributed by atoms with van der Waals surface area (Å²) >= 11 is 0. The second-order valence-corrected chi connectivity index (χ2v) is 5.93. The molecule has 0 spiro atoms. The fourth-order valence-electron chi connectivity index (χ4n) is 2.57. The molecular weight excluding hydrogens is 274 g/mol. The quantitative estimate of drug-likeness (QED) is 0.782. The van der Waals surface area contributed by atoms with E-state index in [4.69, 9.17) is 5.11 Å². The maximum absolute atomic E-state index is 12.0. The monoisotopic (exact) mass is 299 g/mol. The van der Waals surface area contributed by atoms with E-state index < -0.39 is 17.9 Å². The van der Waals surface area contributed by atoms with Crippen molar-refractivity contribution in [3.05, 3.63) is 0 Å². The summed E-state index contributed by atoms with van der Waals surface area (Å²) in [6.45, 7) is 3.50. The van der Waals surface area contributed by atoms with Crippen LogP contribution in [0.2, 0.25) is 0 Å². The van der Waals surface area contributed by atoms with Crippen molar-refractivity contribution in [1.29, 1.82) is 0 Å². The molecule has 0 saturated carbocycles. The number of carboxylic acids is 1. The minimum atomic E-state index is -0.941. The number of hydrogen-bond acceptors (Lipinski definition) is 4. The van der Waals surface area contributed by atoms with Crippen molar-refractivity contribution in [3.8, 4) is 0 Å². The number of aliphatic carboxylic acids is 1. The first kappa shape index (κ1) is 17.4. The van der Waals surface area contributed by atoms with Crippen molar-refractivity contribution in [2.24, 2.45) is 5.92 Å². The van der Waals surface area contributed by atoms with Crippen LogP contribution < -0.4 is 5.32 Å². The van der Waals surface area contributed by atoms with E-state index in [2.05, 4.69) is 10.2 Å². The molecule has 3 amide bonds. The molecule has 0 aliphatic carbocycles. The molecule has 0 bridgehead atoms. The number of likely N-dealkylation sites (tertiary alicyclic amines) is 1. The number of nitrogens with one attached hydrogen (secondary N) is 1. The molecule has 2 unspecified atom stereocenters. The molecule has 120 valence electrons. The van der Waals surface area contributed by atoms with Gasteiger partial charge in [-0.05, 0) is 32.4 Å². The predicted molar refractivity (Wildman–Crippen MR) is 77.9 cm³/mol. The zero-order valence-corrected chi connectivity index (χ0v) is 13.0. The Morgan fingerprint density at radius 1 is 1.38 bits per heavy atom. The number of urea groups is 1. The second kappa shape index (κ2) is 7.97. The van der Waals surface area contributed by atoms with Gasteiger partial charge in [-0.1, -0.05) is 6.92 Å². The number of amides is 3. The Kier molecular flexibility index (Phi) is 6.61. The van der Waals surface area contributed by atoms with Crippen molar-refractivity contribution in [2.75, 3.05) is 27.2 Å². The maximum Gasteiger partial charge on any atom is 0.324 e. The van der Waals surface area contributed by atoms with Crippen LogP contribution >= 0.6 is 0 Å². The van der Waals surface area contributed by atoms with Crippen molar-refractivity contribution in [3.63, 3.8) is 0 Å². The Morgan fingerprint density at radius 2 is 2.05 bits per heavy atom. The summed E-state index contributed by atoms with van der Waals surface area (Å²) in [5.74, 6) is -1.66. The standard InChI is InChI=1S/C14H25N3O4/c1-10(8-13(19)20)7-12(18)15-14(21)17(3)11-5-4-6-16(2)9-11/h10-11H,4-9H2,1-3H3,(H,19,20)(H,15,18,21). The first-order valence-electron chi connectivity index (χ1n) is 7.26. The van der Waals surface area contributed by atoms with E-state index in [1.165, 1.54) is 0 Å². The Morgan fingerprint density at radius 3 is 2.62 bits per heavy atom. The Balaban J connectivity index is 2.40. The van der Waals surface area contributed by atoms with Crippen LogP contribution in [0, 0.1) is 5.92 Å². The van der Waals surface area contributed by atoms with E-state index in [0.717, 1.165) is 25.9 Å². The summed E-state index contributed by atoms with van der Waals surface area (Å²) < 4.78 is 0. The summed E-state index contributed by atoms with van der Waals surface area (Å²) in [4.78, 5) is 38.0. The molecule has 1 heterocycles. The van der Waals surface area contributed by atoms with Crippen molar-refractivity contribution in [2.45, 2.75) is 38.6 Å². The Bertz CT molecular complexity index is 400. The van der Waals surface area contributed by atoms with Crippen LogP contribution in [0.1, 0.15) is 32.6 Å². The molecule has 1 aliphatic rings. The Labute approximate surface area is 125 Å². The van der Waals surface area contributed by atoms with Crippen LogP contribution in [-0.4, -0.2) is 66.0 Å². The average Bonchev–Trinajstić information content (AvgIpc) is 2.36. The molecule has 7 heteroatoms. The number of piperidine rings is 1. The molecule has 2 atom stereocenters. The fourth-order valence-corrected chi connectivity index (χ4v) is 2.57. The summed E-state index contributed by atoms with van der Waals surface area (Å²) in [6, 6.07) is -0.309. The third-order valence-electron chi connectivity index (χ3n) is 3.77. The van der Waals surface area contributed by atoms with Gasteiger partial charge in [-0.2, -0.15) is 0 Å². The average molecular weight is 299 g/mol. The minimum absolute atomic E-state index is 0.0381. The number of carboxylic acid groups (broad SMARTS) is 1. The number of rotatable bonds is 5. The lowest BCUT2D eigenvalue weighted by molar-refractivity contribution is -0.138. The fraction of sp³-hybridized carbons (Fsp3) is 0.786. The van der Waals surface area contributed by atoms with Crippen molar-refractivity contribution in [1.82, 2.24) is 15.1 Å². The van der Waals surface area contributed by atoms with Gasteiger partial charge in [0.05, 0.1) is 0 Å². The summed E-state index contributed by atoms with van der Waals surface area (Å²) in [6.07, 6.45) is 1.92. The first-order chi connectivity index (χ1) is 9.79. The molecule has 7 nitrogen and oxygen atoms in total. The molecule has 21 heavy (non-hydrogen) atoms. The highest BCUT2D eigenvalue weighted by Crippen LogP contribution is 2.13. The summed E-state index contributed by atoms with van der Waals surface area (Å²) in [7, 11) is 3.70. The summed E-state index contributed by atoms with van der Waals surface area (Å²) in [5, 5.41) is 11.0. The van der Waals surface area contributed by atoms with Gasteiger partial charge in [0, 0.05) is 32.5 Å². The molecule has 1 saturated heterocycles. The highest BCUT2D eigenvalue weighted by atomic mass is 16.4. The van der Waals surface area contributed by atoms with Gasteiger partial charge in [0.2, 0.25) is 5.91 Å². The van der Waals surface area contributed by atoms with Crippen LogP contribution in [0.5, 0.6) is 0 Å². The SMILES string of the molecule is CC(CC(=O)O)CC(=O)NC(=O)N(C)C1CCCN(C)C1. The van der Waals surface area contributed by atoms with Crippen LogP contribution in [0.15, 0.2) is 0 Å². The smallest absolute Gasteiger partial charge is 0.324 e. The largest absolute Gasteiger partial charge is 0.481 e. The normalized spacial score (nSPS) is 20.6. The van der Waals surface area contributed by atoms with E-state index in [0.29, 0.717) is 0 Å². The molecule has 1 fully saturated rings. The molecule has 2 N–H and O–H groups in total. The Hall–Kier alpha value is -1.63. The number of hydrogen-bond donors (Lipinski definition) is 2. The third kappa shape index (κ3) is 6.12. The van der Waals surface area contributed by atoms with Crippen LogP contribution in [0.4, 0.5) is 4.79 Å². The van der Waals surface area contributed by atoms with Gasteiger partial charge in [0.15, 0.2) is 0 Å². The number of carbonyl (C=O) groups excluding carboxylic acids is 2. The second-order valence-electron chi connectivity index (χ2n) is 5.93. The molecule has 0 aromatic carbocycles. The lowest BCUT2D eigenvalue weighted by Crippen LogP contribution is -2.51. The van der Waals surface area contributed by atoms with Crippen LogP contribution in [0.3, 0.4) is 0 Å². The lowest BCUT2D eigenvalue weighted by Gasteiger charge is -2.35. The van der Waals surface area contributed by atoms with Gasteiger partial charge in [-0.25, -0.2) is 4.79 Å². The zero-order chi connectivity index (χ0) is 16.0. The van der Waals surface area contributed by atoms with Gasteiger partial charge in [-0.3, -0.25) is 14.9 Å². The van der Waals surface area contributed by atoms with Crippen LogP contribution in [-0.2, 0) is 9.59 Å². The number of nitrogens with zero attached hydrogens (tertiary/aromatic N) is 2. The van der Waals surface area contributed by atoms with Gasteiger partial charge in [0.25, 0.3) is 0 Å². The molecule has 0 aromatic rings. The number of imide groups is 1. The number of carbonyl (C=O) groups is 3. The maximum atomic E-state index is 12.0. The highest BCUT2D eigenvalue weighted by molar-refractivity contribution is 5.94. The van der Waals surface area contributed by atoms with Gasteiger partial charge < -0.3 is 14.9 Å². The minimum Gasteiger partial charge on any atom is -0.481 e. The lowest BCUT2D eigenvalue weighted by atomic mass is 10.0. The molecule has 1 aliphatic heterocycles.